The highest BCUT2D eigenvalue weighted by atomic mass is 16.6. The quantitative estimate of drug-likeness (QED) is 0.110. The Kier molecular flexibility index (Phi) is 12.0. The summed E-state index contributed by atoms with van der Waals surface area (Å²) in [6.07, 6.45) is 1.40. The maximum Gasteiger partial charge on any atom is 0.420 e. The van der Waals surface area contributed by atoms with E-state index in [0.29, 0.717) is 53.7 Å². The van der Waals surface area contributed by atoms with Crippen molar-refractivity contribution >= 4 is 52.5 Å². The lowest BCUT2D eigenvalue weighted by atomic mass is 9.94. The van der Waals surface area contributed by atoms with Crippen LogP contribution in [0, 0.1) is 5.92 Å². The number of β-amino-alcohol motifs (C(OH)–C–C–N with tert-alkyl or cyclic N) is 1. The van der Waals surface area contributed by atoms with E-state index in [1.54, 1.807) is 107 Å². The number of aromatic nitrogens is 3. The third-order valence-electron chi connectivity index (χ3n) is 8.77. The molecule has 0 spiro atoms. The highest BCUT2D eigenvalue weighted by Crippen LogP contribution is 2.33. The van der Waals surface area contributed by atoms with Crippen LogP contribution in [0.3, 0.4) is 0 Å². The number of piperidine rings is 1. The second-order valence-corrected chi connectivity index (χ2v) is 15.9. The Hall–Kier alpha value is -5.76. The van der Waals surface area contributed by atoms with Gasteiger partial charge in [-0.15, -0.1) is 0 Å². The standard InChI is InChI=1S/C41H51N7O7/c1-10-34(50)44-29-15-11-13-26(19-29)36(51)27-14-12-16-30(20-27)47(39(53)55-41(7,8)9)35-21-33(45-37-31(25(2)3)23-43-48(35)37)42-22-28-17-18-46(24-32(28)49)38(52)54-40(4,5)6/h10-16,19-21,23,25,28,32,49H,1,17-18,22,24H2,2-9H3,(H,42,45)(H,44,50)/t28-,32-/m0/s1. The van der Waals surface area contributed by atoms with E-state index < -0.39 is 35.4 Å². The zero-order chi connectivity index (χ0) is 40.2. The van der Waals surface area contributed by atoms with Gasteiger partial charge in [-0.05, 0) is 84.2 Å². The summed E-state index contributed by atoms with van der Waals surface area (Å²) in [5.74, 6) is -0.187. The molecule has 14 nitrogen and oxygen atoms in total. The molecule has 2 atom stereocenters. The molecule has 3 N–H and O–H groups in total. The van der Waals surface area contributed by atoms with Gasteiger partial charge in [0.05, 0.1) is 24.5 Å². The van der Waals surface area contributed by atoms with Crippen molar-refractivity contribution in [3.63, 3.8) is 0 Å². The molecule has 5 rings (SSSR count). The molecular weight excluding hydrogens is 702 g/mol. The van der Waals surface area contributed by atoms with Gasteiger partial charge in [-0.25, -0.2) is 19.5 Å². The first kappa shape index (κ1) is 40.4. The van der Waals surface area contributed by atoms with Crippen molar-refractivity contribution < 1.29 is 33.8 Å². The molecule has 1 aliphatic heterocycles. The molecule has 0 radical (unpaired) electrons. The molecule has 4 aromatic rings. The number of aliphatic hydroxyl groups excluding tert-OH is 1. The van der Waals surface area contributed by atoms with E-state index in [2.05, 4.69) is 22.3 Å². The van der Waals surface area contributed by atoms with Crippen LogP contribution in [0.25, 0.3) is 5.65 Å². The van der Waals surface area contributed by atoms with Crippen LogP contribution >= 0.6 is 0 Å². The van der Waals surface area contributed by atoms with Gasteiger partial charge >= 0.3 is 12.2 Å². The Labute approximate surface area is 321 Å². The number of rotatable bonds is 10. The first-order valence-electron chi connectivity index (χ1n) is 18.3. The number of ether oxygens (including phenoxy) is 2. The maximum absolute atomic E-state index is 14.2. The molecule has 3 heterocycles. The van der Waals surface area contributed by atoms with Crippen molar-refractivity contribution in [1.29, 1.82) is 0 Å². The predicted molar refractivity (Wildman–Crippen MR) is 211 cm³/mol. The predicted octanol–water partition coefficient (Wildman–Crippen LogP) is 7.31. The van der Waals surface area contributed by atoms with Crippen LogP contribution in [-0.2, 0) is 14.3 Å². The third-order valence-corrected chi connectivity index (χ3v) is 8.77. The van der Waals surface area contributed by atoms with Crippen LogP contribution in [-0.4, -0.2) is 85.4 Å². The first-order chi connectivity index (χ1) is 25.8. The van der Waals surface area contributed by atoms with E-state index in [-0.39, 0.29) is 29.7 Å². The van der Waals surface area contributed by atoms with Gasteiger partial charge < -0.3 is 30.1 Å². The number of carbonyl (C=O) groups excluding carboxylic acids is 4. The number of amides is 3. The third kappa shape index (κ3) is 10.1. The van der Waals surface area contributed by atoms with E-state index in [1.807, 2.05) is 13.8 Å². The van der Waals surface area contributed by atoms with Gasteiger partial charge in [0.25, 0.3) is 0 Å². The SMILES string of the molecule is C=CC(=O)Nc1cccc(C(=O)c2cccc(N(C(=O)OC(C)(C)C)c3cc(NC[C@@H]4CCN(C(=O)OC(C)(C)C)C[C@@H]4O)nc4c(C(C)C)cnn34)c2)c1. The number of ketones is 1. The van der Waals surface area contributed by atoms with Gasteiger partial charge in [-0.2, -0.15) is 9.61 Å². The molecular formula is C41H51N7O7. The molecule has 0 bridgehead atoms. The highest BCUT2D eigenvalue weighted by Gasteiger charge is 2.33. The minimum absolute atomic E-state index is 0.0371. The Morgan fingerprint density at radius 3 is 2.31 bits per heavy atom. The molecule has 3 amide bonds. The van der Waals surface area contributed by atoms with Gasteiger partial charge in [0.1, 0.15) is 22.8 Å². The number of nitrogens with zero attached hydrogens (tertiary/aromatic N) is 5. The van der Waals surface area contributed by atoms with E-state index >= 15 is 0 Å². The molecule has 2 aromatic heterocycles. The van der Waals surface area contributed by atoms with Gasteiger partial charge in [0, 0.05) is 47.5 Å². The number of benzene rings is 2. The van der Waals surface area contributed by atoms with Gasteiger partial charge in [0.15, 0.2) is 11.4 Å². The fraction of sp³-hybridized carbons (Fsp3) is 0.415. The Bertz CT molecular complexity index is 2080. The first-order valence-corrected chi connectivity index (χ1v) is 18.3. The summed E-state index contributed by atoms with van der Waals surface area (Å²) in [5.41, 5.74) is 1.21. The van der Waals surface area contributed by atoms with Gasteiger partial charge in [0.2, 0.25) is 5.91 Å². The molecule has 1 fully saturated rings. The number of likely N-dealkylation sites (tertiary alicyclic amines) is 1. The van der Waals surface area contributed by atoms with Gasteiger partial charge in [-0.1, -0.05) is 44.7 Å². The molecule has 14 heteroatoms. The van der Waals surface area contributed by atoms with Crippen LogP contribution in [0.4, 0.5) is 32.6 Å². The summed E-state index contributed by atoms with van der Waals surface area (Å²) in [5, 5.41) is 21.7. The summed E-state index contributed by atoms with van der Waals surface area (Å²) in [7, 11) is 0. The minimum atomic E-state index is -0.871. The van der Waals surface area contributed by atoms with E-state index in [1.165, 1.54) is 9.80 Å². The number of nitrogens with one attached hydrogen (secondary N) is 2. The zero-order valence-corrected chi connectivity index (χ0v) is 32.8. The largest absolute Gasteiger partial charge is 0.444 e. The van der Waals surface area contributed by atoms with Gasteiger partial charge in [-0.3, -0.25) is 9.59 Å². The molecule has 2 aromatic carbocycles. The molecule has 0 unspecified atom stereocenters. The summed E-state index contributed by atoms with van der Waals surface area (Å²) < 4.78 is 13.0. The maximum atomic E-state index is 14.2. The monoisotopic (exact) mass is 753 g/mol. The minimum Gasteiger partial charge on any atom is -0.444 e. The second-order valence-electron chi connectivity index (χ2n) is 15.9. The lowest BCUT2D eigenvalue weighted by molar-refractivity contribution is -0.111. The number of carbonyl (C=O) groups is 4. The van der Waals surface area contributed by atoms with Crippen molar-refractivity contribution in [2.75, 3.05) is 35.2 Å². The van der Waals surface area contributed by atoms with Crippen molar-refractivity contribution in [2.45, 2.75) is 85.0 Å². The zero-order valence-electron chi connectivity index (χ0n) is 32.8. The van der Waals surface area contributed by atoms with E-state index in [9.17, 15) is 24.3 Å². The smallest absolute Gasteiger partial charge is 0.420 e. The highest BCUT2D eigenvalue weighted by molar-refractivity contribution is 6.11. The van der Waals surface area contributed by atoms with Crippen LogP contribution in [0.1, 0.15) is 89.2 Å². The molecule has 1 aliphatic rings. The van der Waals surface area contributed by atoms with Crippen LogP contribution in [0.15, 0.2) is 73.4 Å². The average molecular weight is 754 g/mol. The van der Waals surface area contributed by atoms with Crippen molar-refractivity contribution in [1.82, 2.24) is 19.5 Å². The number of anilines is 4. The fourth-order valence-electron chi connectivity index (χ4n) is 6.09. The Morgan fingerprint density at radius 1 is 1.00 bits per heavy atom. The van der Waals surface area contributed by atoms with Crippen molar-refractivity contribution in [3.05, 3.63) is 90.1 Å². The normalized spacial score (nSPS) is 16.1. The average Bonchev–Trinajstić information content (AvgIpc) is 3.54. The van der Waals surface area contributed by atoms with Crippen molar-refractivity contribution in [2.24, 2.45) is 5.92 Å². The summed E-state index contributed by atoms with van der Waals surface area (Å²) >= 11 is 0. The van der Waals surface area contributed by atoms with E-state index in [0.717, 1.165) is 11.6 Å². The second kappa shape index (κ2) is 16.3. The van der Waals surface area contributed by atoms with Crippen molar-refractivity contribution in [3.8, 4) is 0 Å². The summed E-state index contributed by atoms with van der Waals surface area (Å²) in [6, 6.07) is 14.8. The number of fused-ring (bicyclic) bond motifs is 1. The summed E-state index contributed by atoms with van der Waals surface area (Å²) in [6.45, 7) is 19.1. The Balaban J connectivity index is 1.51. The number of hydrogen-bond donors (Lipinski definition) is 3. The lowest BCUT2D eigenvalue weighted by Gasteiger charge is -2.36. The Morgan fingerprint density at radius 2 is 1.67 bits per heavy atom. The lowest BCUT2D eigenvalue weighted by Crippen LogP contribution is -2.49. The van der Waals surface area contributed by atoms with Crippen LogP contribution in [0.5, 0.6) is 0 Å². The molecule has 0 aliphatic carbocycles. The molecule has 0 saturated carbocycles. The molecule has 292 valence electrons. The molecule has 55 heavy (non-hydrogen) atoms. The number of aliphatic hydroxyl groups is 1. The topological polar surface area (TPSA) is 168 Å². The van der Waals surface area contributed by atoms with Crippen LogP contribution < -0.4 is 15.5 Å². The summed E-state index contributed by atoms with van der Waals surface area (Å²) in [4.78, 5) is 60.4. The van der Waals surface area contributed by atoms with E-state index in [4.69, 9.17) is 14.5 Å². The number of hydrogen-bond acceptors (Lipinski definition) is 10. The van der Waals surface area contributed by atoms with Crippen LogP contribution in [0.2, 0.25) is 0 Å². The fourth-order valence-corrected chi connectivity index (χ4v) is 6.09. The molecule has 1 saturated heterocycles.